The van der Waals surface area contributed by atoms with Crippen molar-refractivity contribution in [2.45, 2.75) is 31.2 Å². The Labute approximate surface area is 154 Å². The zero-order chi connectivity index (χ0) is 17.6. The summed E-state index contributed by atoms with van der Waals surface area (Å²) in [4.78, 5) is 16.1. The normalized spacial score (nSPS) is 18.1. The second-order valence-electron chi connectivity index (χ2n) is 6.87. The van der Waals surface area contributed by atoms with Gasteiger partial charge in [0, 0.05) is 29.2 Å². The number of nitrogens with zero attached hydrogens (tertiary/aromatic N) is 1. The van der Waals surface area contributed by atoms with Crippen LogP contribution in [0.5, 0.6) is 0 Å². The Morgan fingerprint density at radius 1 is 1.24 bits per heavy atom. The lowest BCUT2D eigenvalue weighted by molar-refractivity contribution is 0.102. The highest BCUT2D eigenvalue weighted by Gasteiger charge is 2.16. The third-order valence-electron chi connectivity index (χ3n) is 4.69. The molecular weight excluding hydrogens is 328 g/mol. The first kappa shape index (κ1) is 18.0. The van der Waals surface area contributed by atoms with Crippen molar-refractivity contribution in [2.24, 2.45) is 5.92 Å². The van der Waals surface area contributed by atoms with Crippen molar-refractivity contribution in [3.63, 3.8) is 0 Å². The van der Waals surface area contributed by atoms with Crippen molar-refractivity contribution in [3.05, 3.63) is 59.7 Å². The fourth-order valence-electron chi connectivity index (χ4n) is 3.35. The molecule has 2 aromatic rings. The van der Waals surface area contributed by atoms with Crippen LogP contribution >= 0.6 is 11.8 Å². The van der Waals surface area contributed by atoms with Gasteiger partial charge in [0.15, 0.2) is 0 Å². The van der Waals surface area contributed by atoms with Crippen molar-refractivity contribution in [3.8, 4) is 0 Å². The van der Waals surface area contributed by atoms with E-state index in [2.05, 4.69) is 29.3 Å². The Morgan fingerprint density at radius 2 is 2.04 bits per heavy atom. The molecule has 0 aromatic heterocycles. The van der Waals surface area contributed by atoms with E-state index in [4.69, 9.17) is 0 Å². The van der Waals surface area contributed by atoms with E-state index in [1.807, 2.05) is 42.7 Å². The Bertz CT molecular complexity index is 714. The minimum atomic E-state index is -0.0589. The summed E-state index contributed by atoms with van der Waals surface area (Å²) in [6, 6.07) is 15.9. The molecule has 4 heteroatoms. The molecule has 1 amide bonds. The molecule has 3 rings (SSSR count). The van der Waals surface area contributed by atoms with Gasteiger partial charge in [0.2, 0.25) is 0 Å². The minimum Gasteiger partial charge on any atom is -0.322 e. The monoisotopic (exact) mass is 354 g/mol. The SMILES string of the molecule is CSc1cccc(NC(=O)c2ccc(CN3CCC[C@H](C)C3)cc2)c1. The average molecular weight is 355 g/mol. The van der Waals surface area contributed by atoms with Crippen LogP contribution in [0.3, 0.4) is 0 Å². The van der Waals surface area contributed by atoms with E-state index < -0.39 is 0 Å². The summed E-state index contributed by atoms with van der Waals surface area (Å²) < 4.78 is 0. The van der Waals surface area contributed by atoms with Gasteiger partial charge in [-0.05, 0) is 67.5 Å². The summed E-state index contributed by atoms with van der Waals surface area (Å²) in [6.07, 6.45) is 4.66. The molecule has 2 aromatic carbocycles. The van der Waals surface area contributed by atoms with Gasteiger partial charge in [-0.15, -0.1) is 11.8 Å². The summed E-state index contributed by atoms with van der Waals surface area (Å²) in [5.41, 5.74) is 2.81. The van der Waals surface area contributed by atoms with E-state index >= 15 is 0 Å². The molecule has 0 radical (unpaired) electrons. The molecule has 132 valence electrons. The number of hydrogen-bond acceptors (Lipinski definition) is 3. The van der Waals surface area contributed by atoms with Gasteiger partial charge in [-0.3, -0.25) is 9.69 Å². The Balaban J connectivity index is 1.60. The van der Waals surface area contributed by atoms with Crippen LogP contribution in [-0.2, 0) is 6.54 Å². The van der Waals surface area contributed by atoms with E-state index in [0.29, 0.717) is 5.56 Å². The highest BCUT2D eigenvalue weighted by molar-refractivity contribution is 7.98. The molecule has 0 saturated carbocycles. The van der Waals surface area contributed by atoms with Gasteiger partial charge in [-0.2, -0.15) is 0 Å². The van der Waals surface area contributed by atoms with Gasteiger partial charge in [0.05, 0.1) is 0 Å². The number of nitrogens with one attached hydrogen (secondary N) is 1. The number of rotatable bonds is 5. The van der Waals surface area contributed by atoms with Crippen LogP contribution in [0.25, 0.3) is 0 Å². The second-order valence-corrected chi connectivity index (χ2v) is 7.75. The first-order chi connectivity index (χ1) is 12.1. The third kappa shape index (κ3) is 5.10. The Kier molecular flexibility index (Phi) is 6.16. The number of carbonyl (C=O) groups is 1. The fourth-order valence-corrected chi connectivity index (χ4v) is 3.81. The van der Waals surface area contributed by atoms with Crippen LogP contribution in [0.15, 0.2) is 53.4 Å². The molecule has 1 N–H and O–H groups in total. The maximum absolute atomic E-state index is 12.4. The summed E-state index contributed by atoms with van der Waals surface area (Å²) in [7, 11) is 0. The maximum atomic E-state index is 12.4. The van der Waals surface area contributed by atoms with E-state index in [-0.39, 0.29) is 5.91 Å². The minimum absolute atomic E-state index is 0.0589. The van der Waals surface area contributed by atoms with Crippen molar-refractivity contribution in [1.29, 1.82) is 0 Å². The van der Waals surface area contributed by atoms with Gasteiger partial charge in [0.25, 0.3) is 5.91 Å². The molecule has 1 aliphatic rings. The molecule has 1 atom stereocenters. The maximum Gasteiger partial charge on any atom is 0.255 e. The molecule has 0 bridgehead atoms. The first-order valence-electron chi connectivity index (χ1n) is 8.91. The lowest BCUT2D eigenvalue weighted by Gasteiger charge is -2.30. The number of piperidine rings is 1. The van der Waals surface area contributed by atoms with Crippen LogP contribution in [-0.4, -0.2) is 30.2 Å². The van der Waals surface area contributed by atoms with Crippen LogP contribution in [0.4, 0.5) is 5.69 Å². The van der Waals surface area contributed by atoms with E-state index in [1.54, 1.807) is 11.8 Å². The number of likely N-dealkylation sites (tertiary alicyclic amines) is 1. The Hall–Kier alpha value is -1.78. The van der Waals surface area contributed by atoms with Crippen molar-refractivity contribution < 1.29 is 4.79 Å². The quantitative estimate of drug-likeness (QED) is 0.776. The molecule has 1 aliphatic heterocycles. The third-order valence-corrected chi connectivity index (χ3v) is 5.42. The van der Waals surface area contributed by atoms with Gasteiger partial charge >= 0.3 is 0 Å². The first-order valence-corrected chi connectivity index (χ1v) is 10.1. The molecule has 0 aliphatic carbocycles. The standard InChI is InChI=1S/C21H26N2OS/c1-16-5-4-12-23(14-16)15-17-8-10-18(11-9-17)21(24)22-19-6-3-7-20(13-19)25-2/h3,6-11,13,16H,4-5,12,14-15H2,1-2H3,(H,22,24)/t16-/m0/s1. The molecule has 0 unspecified atom stereocenters. The second kappa shape index (κ2) is 8.54. The van der Waals surface area contributed by atoms with E-state index in [1.165, 1.54) is 31.5 Å². The van der Waals surface area contributed by atoms with Gasteiger partial charge in [-0.1, -0.05) is 25.1 Å². The number of hydrogen-bond donors (Lipinski definition) is 1. The lowest BCUT2D eigenvalue weighted by atomic mass is 9.99. The highest BCUT2D eigenvalue weighted by Crippen LogP contribution is 2.20. The summed E-state index contributed by atoms with van der Waals surface area (Å²) in [5, 5.41) is 2.98. The molecule has 1 heterocycles. The number of benzene rings is 2. The summed E-state index contributed by atoms with van der Waals surface area (Å²) >= 11 is 1.67. The molecule has 1 saturated heterocycles. The number of thioether (sulfide) groups is 1. The van der Waals surface area contributed by atoms with E-state index in [0.717, 1.165) is 23.0 Å². The van der Waals surface area contributed by atoms with Crippen molar-refractivity contribution in [2.75, 3.05) is 24.7 Å². The van der Waals surface area contributed by atoms with Gasteiger partial charge < -0.3 is 5.32 Å². The predicted molar refractivity (Wildman–Crippen MR) is 106 cm³/mol. The molecule has 25 heavy (non-hydrogen) atoms. The Morgan fingerprint density at radius 3 is 2.76 bits per heavy atom. The van der Waals surface area contributed by atoms with Gasteiger partial charge in [0.1, 0.15) is 0 Å². The topological polar surface area (TPSA) is 32.3 Å². The van der Waals surface area contributed by atoms with Crippen LogP contribution < -0.4 is 5.32 Å². The highest BCUT2D eigenvalue weighted by atomic mass is 32.2. The van der Waals surface area contributed by atoms with Gasteiger partial charge in [-0.25, -0.2) is 0 Å². The van der Waals surface area contributed by atoms with Crippen LogP contribution in [0.1, 0.15) is 35.7 Å². The van der Waals surface area contributed by atoms with Crippen molar-refractivity contribution >= 4 is 23.4 Å². The molecule has 1 fully saturated rings. The molecule has 0 spiro atoms. The smallest absolute Gasteiger partial charge is 0.255 e. The lowest BCUT2D eigenvalue weighted by Crippen LogP contribution is -2.33. The number of carbonyl (C=O) groups excluding carboxylic acids is 1. The number of amides is 1. The fraction of sp³-hybridized carbons (Fsp3) is 0.381. The predicted octanol–water partition coefficient (Wildman–Crippen LogP) is 4.89. The van der Waals surface area contributed by atoms with Crippen LogP contribution in [0.2, 0.25) is 0 Å². The van der Waals surface area contributed by atoms with Crippen molar-refractivity contribution in [1.82, 2.24) is 4.90 Å². The van der Waals surface area contributed by atoms with E-state index in [9.17, 15) is 4.79 Å². The zero-order valence-corrected chi connectivity index (χ0v) is 15.8. The molecular formula is C21H26N2OS. The molecule has 3 nitrogen and oxygen atoms in total. The number of anilines is 1. The zero-order valence-electron chi connectivity index (χ0n) is 15.0. The van der Waals surface area contributed by atoms with Crippen LogP contribution in [0, 0.1) is 5.92 Å². The summed E-state index contributed by atoms with van der Waals surface area (Å²) in [5.74, 6) is 0.729. The largest absolute Gasteiger partial charge is 0.322 e. The average Bonchev–Trinajstić information content (AvgIpc) is 2.62. The summed E-state index contributed by atoms with van der Waals surface area (Å²) in [6.45, 7) is 5.65.